The van der Waals surface area contributed by atoms with Gasteiger partial charge in [-0.25, -0.2) is 13.2 Å². The van der Waals surface area contributed by atoms with Crippen LogP contribution in [0.3, 0.4) is 0 Å². The van der Waals surface area contributed by atoms with Crippen molar-refractivity contribution in [1.29, 1.82) is 0 Å². The molecule has 4 rings (SSSR count). The van der Waals surface area contributed by atoms with Crippen molar-refractivity contribution in [3.8, 4) is 5.75 Å². The van der Waals surface area contributed by atoms with Gasteiger partial charge in [0.05, 0.1) is 36.4 Å². The van der Waals surface area contributed by atoms with E-state index in [2.05, 4.69) is 5.32 Å². The van der Waals surface area contributed by atoms with Crippen molar-refractivity contribution in [2.45, 2.75) is 11.4 Å². The van der Waals surface area contributed by atoms with E-state index >= 15 is 0 Å². The Morgan fingerprint density at radius 3 is 2.65 bits per heavy atom. The summed E-state index contributed by atoms with van der Waals surface area (Å²) in [5.41, 5.74) is 0.875. The van der Waals surface area contributed by atoms with Gasteiger partial charge in [-0.1, -0.05) is 12.1 Å². The highest BCUT2D eigenvalue weighted by Crippen LogP contribution is 2.24. The van der Waals surface area contributed by atoms with Gasteiger partial charge in [-0.2, -0.15) is 4.31 Å². The lowest BCUT2D eigenvalue weighted by Crippen LogP contribution is -2.40. The molecule has 0 unspecified atom stereocenters. The SMILES string of the molecule is COc1ccccc1NC(=O)Cn1c(=O)oc2cc(S(=O)(=O)N3CCOCC3)ccc21. The number of oxazole rings is 1. The quantitative estimate of drug-likeness (QED) is 0.604. The van der Waals surface area contributed by atoms with E-state index in [1.54, 1.807) is 24.3 Å². The number of carbonyl (C=O) groups is 1. The summed E-state index contributed by atoms with van der Waals surface area (Å²) in [5, 5.41) is 2.69. The second-order valence-corrected chi connectivity index (χ2v) is 8.79. The number of morpholine rings is 1. The number of sulfonamides is 1. The molecule has 3 aromatic rings. The maximum absolute atomic E-state index is 12.8. The van der Waals surface area contributed by atoms with Gasteiger partial charge in [0.25, 0.3) is 0 Å². The van der Waals surface area contributed by atoms with Crippen LogP contribution in [0.25, 0.3) is 11.1 Å². The Morgan fingerprint density at radius 1 is 1.16 bits per heavy atom. The molecule has 0 radical (unpaired) electrons. The summed E-state index contributed by atoms with van der Waals surface area (Å²) >= 11 is 0. The Balaban J connectivity index is 1.59. The first-order valence-corrected chi connectivity index (χ1v) is 11.0. The summed E-state index contributed by atoms with van der Waals surface area (Å²) in [7, 11) is -2.25. The summed E-state index contributed by atoms with van der Waals surface area (Å²) in [6.45, 7) is 0.866. The lowest BCUT2D eigenvalue weighted by molar-refractivity contribution is -0.116. The molecule has 1 aliphatic heterocycles. The van der Waals surface area contributed by atoms with Crippen molar-refractivity contribution in [2.75, 3.05) is 38.7 Å². The number of carbonyl (C=O) groups excluding carboxylic acids is 1. The third kappa shape index (κ3) is 4.20. The standard InChI is InChI=1S/C20H21N3O7S/c1-28-17-5-3-2-4-15(17)21-19(24)13-23-16-7-6-14(12-18(16)30-20(23)25)31(26,27)22-8-10-29-11-9-22/h2-7,12H,8-11,13H2,1H3,(H,21,24). The van der Waals surface area contributed by atoms with Crippen LogP contribution in [0.2, 0.25) is 0 Å². The van der Waals surface area contributed by atoms with Gasteiger partial charge in [-0.15, -0.1) is 0 Å². The number of aromatic nitrogens is 1. The van der Waals surface area contributed by atoms with Crippen LogP contribution in [0, 0.1) is 0 Å². The molecule has 164 valence electrons. The molecule has 0 spiro atoms. The number of ether oxygens (including phenoxy) is 2. The van der Waals surface area contributed by atoms with Gasteiger partial charge < -0.3 is 19.2 Å². The Hall–Kier alpha value is -3.15. The Morgan fingerprint density at radius 2 is 1.90 bits per heavy atom. The number of fused-ring (bicyclic) bond motifs is 1. The van der Waals surface area contributed by atoms with Gasteiger partial charge >= 0.3 is 5.76 Å². The van der Waals surface area contributed by atoms with E-state index in [-0.39, 0.29) is 30.1 Å². The van der Waals surface area contributed by atoms with Crippen molar-refractivity contribution in [1.82, 2.24) is 8.87 Å². The van der Waals surface area contributed by atoms with Crippen LogP contribution in [0.4, 0.5) is 5.69 Å². The first kappa shape index (κ1) is 21.1. The molecule has 1 fully saturated rings. The Kier molecular flexibility index (Phi) is 5.81. The highest BCUT2D eigenvalue weighted by atomic mass is 32.2. The third-order valence-corrected chi connectivity index (χ3v) is 6.82. The molecule has 1 amide bonds. The Bertz CT molecular complexity index is 1270. The van der Waals surface area contributed by atoms with Crippen LogP contribution in [0.5, 0.6) is 5.75 Å². The molecule has 10 nitrogen and oxygen atoms in total. The lowest BCUT2D eigenvalue weighted by Gasteiger charge is -2.25. The van der Waals surface area contributed by atoms with Crippen molar-refractivity contribution in [2.24, 2.45) is 0 Å². The van der Waals surface area contributed by atoms with Crippen LogP contribution in [0.1, 0.15) is 0 Å². The molecule has 2 aromatic carbocycles. The number of nitrogens with one attached hydrogen (secondary N) is 1. The third-order valence-electron chi connectivity index (χ3n) is 4.93. The highest BCUT2D eigenvalue weighted by molar-refractivity contribution is 7.89. The van der Waals surface area contributed by atoms with E-state index in [4.69, 9.17) is 13.9 Å². The Labute approximate surface area is 178 Å². The monoisotopic (exact) mass is 447 g/mol. The zero-order valence-electron chi connectivity index (χ0n) is 16.7. The van der Waals surface area contributed by atoms with Crippen LogP contribution < -0.4 is 15.8 Å². The molecule has 0 bridgehead atoms. The fraction of sp³-hybridized carbons (Fsp3) is 0.300. The average molecular weight is 447 g/mol. The van der Waals surface area contributed by atoms with Gasteiger partial charge in [-0.3, -0.25) is 9.36 Å². The second-order valence-electron chi connectivity index (χ2n) is 6.85. The number of rotatable bonds is 6. The number of benzene rings is 2. The maximum Gasteiger partial charge on any atom is 0.420 e. The predicted octanol–water partition coefficient (Wildman–Crippen LogP) is 1.26. The minimum absolute atomic E-state index is 0.0151. The van der Waals surface area contributed by atoms with Gasteiger partial charge in [-0.05, 0) is 24.3 Å². The molecular weight excluding hydrogens is 426 g/mol. The predicted molar refractivity (Wildman–Crippen MR) is 112 cm³/mol. The van der Waals surface area contributed by atoms with Gasteiger partial charge in [0.1, 0.15) is 12.3 Å². The van der Waals surface area contributed by atoms with Gasteiger partial charge in [0.15, 0.2) is 5.58 Å². The average Bonchev–Trinajstić information content (AvgIpc) is 3.09. The number of hydrogen-bond acceptors (Lipinski definition) is 7. The number of hydrogen-bond donors (Lipinski definition) is 1. The molecule has 1 aliphatic rings. The molecule has 0 saturated carbocycles. The van der Waals surface area contributed by atoms with Gasteiger partial charge in [0, 0.05) is 19.2 Å². The molecule has 0 atom stereocenters. The number of anilines is 1. The summed E-state index contributed by atoms with van der Waals surface area (Å²) in [6, 6.07) is 11.1. The summed E-state index contributed by atoms with van der Waals surface area (Å²) in [5.74, 6) is -0.733. The number of amides is 1. The van der Waals surface area contributed by atoms with Crippen molar-refractivity contribution >= 4 is 32.7 Å². The van der Waals surface area contributed by atoms with Crippen molar-refractivity contribution < 1.29 is 27.1 Å². The molecule has 1 N–H and O–H groups in total. The molecule has 0 aliphatic carbocycles. The second kappa shape index (κ2) is 8.53. The van der Waals surface area contributed by atoms with Crippen LogP contribution in [-0.4, -0.2) is 56.6 Å². The molecule has 31 heavy (non-hydrogen) atoms. The first-order chi connectivity index (χ1) is 14.9. The molecule has 2 heterocycles. The first-order valence-electron chi connectivity index (χ1n) is 9.54. The van der Waals surface area contributed by atoms with E-state index < -0.39 is 21.7 Å². The normalized spacial score (nSPS) is 15.1. The molecular formula is C20H21N3O7S. The molecule has 1 aromatic heterocycles. The lowest BCUT2D eigenvalue weighted by atomic mass is 10.3. The smallest absolute Gasteiger partial charge is 0.420 e. The van der Waals surface area contributed by atoms with Crippen molar-refractivity contribution in [3.05, 3.63) is 53.0 Å². The van der Waals surface area contributed by atoms with Crippen LogP contribution >= 0.6 is 0 Å². The summed E-state index contributed by atoms with van der Waals surface area (Å²) in [4.78, 5) is 24.8. The van der Waals surface area contributed by atoms with E-state index in [1.165, 1.54) is 29.6 Å². The summed E-state index contributed by atoms with van der Waals surface area (Å²) in [6.07, 6.45) is 0. The zero-order chi connectivity index (χ0) is 22.0. The maximum atomic E-state index is 12.8. The fourth-order valence-electron chi connectivity index (χ4n) is 3.37. The number of nitrogens with zero attached hydrogens (tertiary/aromatic N) is 2. The van der Waals surface area contributed by atoms with E-state index in [0.717, 1.165) is 4.57 Å². The minimum atomic E-state index is -3.74. The largest absolute Gasteiger partial charge is 0.495 e. The highest BCUT2D eigenvalue weighted by Gasteiger charge is 2.27. The topological polar surface area (TPSA) is 120 Å². The number of methoxy groups -OCH3 is 1. The molecule has 11 heteroatoms. The van der Waals surface area contributed by atoms with Crippen LogP contribution in [-0.2, 0) is 26.1 Å². The summed E-state index contributed by atoms with van der Waals surface area (Å²) < 4.78 is 43.7. The van der Waals surface area contributed by atoms with E-state index in [0.29, 0.717) is 30.2 Å². The van der Waals surface area contributed by atoms with Crippen LogP contribution in [0.15, 0.2) is 56.6 Å². The van der Waals surface area contributed by atoms with E-state index in [1.807, 2.05) is 0 Å². The number of para-hydroxylation sites is 2. The molecule has 1 saturated heterocycles. The van der Waals surface area contributed by atoms with Gasteiger partial charge in [0.2, 0.25) is 15.9 Å². The van der Waals surface area contributed by atoms with Crippen molar-refractivity contribution in [3.63, 3.8) is 0 Å². The fourth-order valence-corrected chi connectivity index (χ4v) is 4.80. The zero-order valence-corrected chi connectivity index (χ0v) is 17.6. The minimum Gasteiger partial charge on any atom is -0.495 e. The van der Waals surface area contributed by atoms with E-state index in [9.17, 15) is 18.0 Å².